The van der Waals surface area contributed by atoms with Gasteiger partial charge in [0.1, 0.15) is 0 Å². The van der Waals surface area contributed by atoms with Gasteiger partial charge in [-0.25, -0.2) is 8.93 Å². The van der Waals surface area contributed by atoms with E-state index >= 15 is 0 Å². The van der Waals surface area contributed by atoms with Crippen molar-refractivity contribution in [2.45, 2.75) is 6.92 Å². The molecule has 0 aliphatic rings. The summed E-state index contributed by atoms with van der Waals surface area (Å²) in [6.07, 6.45) is 3.07. The molecule has 0 rings (SSSR count). The van der Waals surface area contributed by atoms with Gasteiger partial charge in [-0.05, 0) is 12.3 Å². The summed E-state index contributed by atoms with van der Waals surface area (Å²) >= 11 is 0. The Hall–Kier alpha value is -0.690. The molecule has 0 aromatic heterocycles. The first kappa shape index (κ1) is 7.31. The molecule has 8 heavy (non-hydrogen) atoms. The van der Waals surface area contributed by atoms with Gasteiger partial charge in [-0.2, -0.15) is 5.26 Å². The summed E-state index contributed by atoms with van der Waals surface area (Å²) < 4.78 is 12.9. The summed E-state index contributed by atoms with van der Waals surface area (Å²) in [5, 5.41) is 9.44. The minimum Gasteiger partial charge on any atom is -0.249 e. The fraction of sp³-hybridized carbons (Fsp3) is 0.500. The molecule has 1 unspecified atom stereocenters. The third-order valence-electron chi connectivity index (χ3n) is 0.698. The molecule has 0 radical (unpaired) electrons. The zero-order valence-corrected chi connectivity index (χ0v) is 5.66. The Morgan fingerprint density at radius 3 is 2.50 bits per heavy atom. The predicted octanol–water partition coefficient (Wildman–Crippen LogP) is -0.292. The van der Waals surface area contributed by atoms with Crippen molar-refractivity contribution >= 4 is 15.1 Å². The molecule has 0 aliphatic heterocycles. The first-order valence-electron chi connectivity index (χ1n) is 2.07. The van der Waals surface area contributed by atoms with Crippen LogP contribution in [0.4, 0.5) is 0 Å². The van der Waals surface area contributed by atoms with Gasteiger partial charge in [-0.15, -0.1) is 0 Å². The number of nitriles is 1. The van der Waals surface area contributed by atoms with Crippen molar-refractivity contribution in [3.05, 3.63) is 0 Å². The number of nitrogens with one attached hydrogen (secondary N) is 1. The van der Waals surface area contributed by atoms with E-state index in [2.05, 4.69) is 4.72 Å². The lowest BCUT2D eigenvalue weighted by atomic mass is 11.0. The van der Waals surface area contributed by atoms with E-state index in [9.17, 15) is 4.21 Å². The summed E-state index contributed by atoms with van der Waals surface area (Å²) in [6, 6.07) is 0. The fourth-order valence-electron chi connectivity index (χ4n) is 0.150. The minimum atomic E-state index is -2.16. The van der Waals surface area contributed by atoms with Crippen LogP contribution >= 0.6 is 0 Å². The first-order chi connectivity index (χ1) is 3.62. The van der Waals surface area contributed by atoms with Gasteiger partial charge in [0.2, 0.25) is 0 Å². The average Bonchev–Trinajstić information content (AvgIpc) is 1.67. The van der Waals surface area contributed by atoms with Crippen LogP contribution in [0.1, 0.15) is 6.92 Å². The molecule has 0 spiro atoms. The molecule has 3 nitrogen and oxygen atoms in total. The molecule has 0 heterocycles. The van der Waals surface area contributed by atoms with Crippen LogP contribution in [0.25, 0.3) is 0 Å². The van der Waals surface area contributed by atoms with E-state index in [0.29, 0.717) is 0 Å². The molecule has 0 fully saturated rings. The molecule has 46 valence electrons. The quantitative estimate of drug-likeness (QED) is 0.303. The summed E-state index contributed by atoms with van der Waals surface area (Å²) in [5.74, 6) is 0. The van der Waals surface area contributed by atoms with Gasteiger partial charge in [0.25, 0.3) is 0 Å². The van der Waals surface area contributed by atoms with Crippen molar-refractivity contribution in [1.82, 2.24) is 4.72 Å². The van der Waals surface area contributed by atoms with Crippen molar-refractivity contribution in [3.63, 3.8) is 0 Å². The lowest BCUT2D eigenvalue weighted by Gasteiger charge is -1.95. The van der Waals surface area contributed by atoms with Crippen LogP contribution in [-0.4, -0.2) is 15.8 Å². The van der Waals surface area contributed by atoms with E-state index in [4.69, 9.17) is 5.26 Å². The van der Waals surface area contributed by atoms with E-state index in [1.165, 1.54) is 11.6 Å². The lowest BCUT2D eigenvalue weighted by molar-refractivity contribution is 0.682. The second-order valence-corrected chi connectivity index (χ2v) is 3.84. The van der Waals surface area contributed by atoms with Crippen LogP contribution in [0.5, 0.6) is 0 Å². The molecule has 0 aromatic rings. The summed E-state index contributed by atoms with van der Waals surface area (Å²) in [5.41, 5.74) is 0. The van der Waals surface area contributed by atoms with Crippen LogP contribution in [0.3, 0.4) is 0 Å². The molecule has 4 heteroatoms. The van der Waals surface area contributed by atoms with Gasteiger partial charge in [0.05, 0.1) is 9.71 Å². The summed E-state index contributed by atoms with van der Waals surface area (Å²) in [6.45, 7) is 1.65. The second kappa shape index (κ2) is 2.58. The SMILES string of the molecule is CC=S(C)(=O)NC#N. The van der Waals surface area contributed by atoms with E-state index in [0.717, 1.165) is 0 Å². The maximum atomic E-state index is 10.8. The highest BCUT2D eigenvalue weighted by molar-refractivity contribution is 7.98. The smallest absolute Gasteiger partial charge is 0.188 e. The van der Waals surface area contributed by atoms with Crippen LogP contribution in [0.15, 0.2) is 0 Å². The zero-order chi connectivity index (χ0) is 6.62. The van der Waals surface area contributed by atoms with Crippen LogP contribution in [0.2, 0.25) is 0 Å². The van der Waals surface area contributed by atoms with Gasteiger partial charge in [0, 0.05) is 6.26 Å². The molecule has 0 saturated heterocycles. The molecule has 1 N–H and O–H groups in total. The summed E-state index contributed by atoms with van der Waals surface area (Å²) in [7, 11) is -2.16. The molecular weight excluding hydrogens is 124 g/mol. The number of rotatable bonds is 1. The van der Waals surface area contributed by atoms with Crippen molar-refractivity contribution in [2.24, 2.45) is 0 Å². The molecule has 0 aromatic carbocycles. The monoisotopic (exact) mass is 132 g/mol. The van der Waals surface area contributed by atoms with Crippen molar-refractivity contribution in [1.29, 1.82) is 5.26 Å². The minimum absolute atomic E-state index is 1.47. The standard InChI is InChI=1S/C4H8N2OS/c1-3-8(2,7)6-4-5/h3H,1-2H3,(H,6,7). The Balaban J connectivity index is 4.24. The van der Waals surface area contributed by atoms with Gasteiger partial charge in [-0.1, -0.05) is 0 Å². The zero-order valence-electron chi connectivity index (χ0n) is 4.84. The number of hydrogen-bond acceptors (Lipinski definition) is 2. The Kier molecular flexibility index (Phi) is 2.35. The molecule has 0 amide bonds. The molecule has 0 saturated carbocycles. The van der Waals surface area contributed by atoms with Crippen LogP contribution in [0, 0.1) is 11.5 Å². The highest BCUT2D eigenvalue weighted by Gasteiger charge is 1.88. The number of hydrogen-bond donors (Lipinski definition) is 1. The first-order valence-corrected chi connectivity index (χ1v) is 4.10. The highest BCUT2D eigenvalue weighted by Crippen LogP contribution is 1.71. The Morgan fingerprint density at radius 2 is 2.38 bits per heavy atom. The molecule has 0 aliphatic carbocycles. The van der Waals surface area contributed by atoms with E-state index in [1.807, 2.05) is 0 Å². The van der Waals surface area contributed by atoms with Crippen molar-refractivity contribution < 1.29 is 4.21 Å². The molecule has 1 atom stereocenters. The maximum Gasteiger partial charge on any atom is 0.188 e. The van der Waals surface area contributed by atoms with E-state index in [1.54, 1.807) is 13.1 Å². The Bertz CT molecular complexity index is 207. The van der Waals surface area contributed by atoms with Gasteiger partial charge in [-0.3, -0.25) is 0 Å². The third kappa shape index (κ3) is 2.48. The fourth-order valence-corrected chi connectivity index (χ4v) is 0.449. The van der Waals surface area contributed by atoms with Crippen molar-refractivity contribution in [3.8, 4) is 6.19 Å². The van der Waals surface area contributed by atoms with Gasteiger partial charge in [0.15, 0.2) is 6.19 Å². The highest BCUT2D eigenvalue weighted by atomic mass is 32.2. The molecule has 0 bridgehead atoms. The maximum absolute atomic E-state index is 10.8. The lowest BCUT2D eigenvalue weighted by Crippen LogP contribution is -2.17. The normalized spacial score (nSPS) is 15.6. The third-order valence-corrected chi connectivity index (χ3v) is 2.09. The summed E-state index contributed by atoms with van der Waals surface area (Å²) in [4.78, 5) is 0. The topological polar surface area (TPSA) is 52.9 Å². The largest absolute Gasteiger partial charge is 0.249 e. The van der Waals surface area contributed by atoms with E-state index in [-0.39, 0.29) is 0 Å². The Morgan fingerprint density at radius 1 is 1.88 bits per heavy atom. The van der Waals surface area contributed by atoms with Crippen LogP contribution in [-0.2, 0) is 9.71 Å². The van der Waals surface area contributed by atoms with Gasteiger partial charge >= 0.3 is 0 Å². The van der Waals surface area contributed by atoms with Gasteiger partial charge < -0.3 is 0 Å². The molecular formula is C4H8N2OS. The van der Waals surface area contributed by atoms with Crippen LogP contribution < -0.4 is 4.72 Å². The Labute approximate surface area is 49.5 Å². The average molecular weight is 132 g/mol. The van der Waals surface area contributed by atoms with Crippen molar-refractivity contribution in [2.75, 3.05) is 6.26 Å². The number of nitrogens with zero attached hydrogens (tertiary/aromatic N) is 1. The van der Waals surface area contributed by atoms with E-state index < -0.39 is 9.71 Å². The second-order valence-electron chi connectivity index (χ2n) is 1.35. The predicted molar refractivity (Wildman–Crippen MR) is 34.6 cm³/mol.